The van der Waals surface area contributed by atoms with Crippen molar-refractivity contribution in [1.82, 2.24) is 14.7 Å². The van der Waals surface area contributed by atoms with Crippen LogP contribution in [0.1, 0.15) is 85.6 Å². The van der Waals surface area contributed by atoms with Gasteiger partial charge in [-0.1, -0.05) is 70.2 Å². The summed E-state index contributed by atoms with van der Waals surface area (Å²) < 4.78 is 7.06. The number of aliphatic hydroxyl groups is 1. The minimum Gasteiger partial charge on any atom is -0.396 e. The molecule has 5 atom stereocenters. The fraction of sp³-hybridized carbons (Fsp3) is 0.649. The molecule has 3 aliphatic rings. The normalized spacial score (nSPS) is 27.4. The van der Waals surface area contributed by atoms with Gasteiger partial charge in [-0.25, -0.2) is 0 Å². The van der Waals surface area contributed by atoms with Crippen molar-refractivity contribution in [2.75, 3.05) is 26.2 Å². The number of carbonyl (C=O) groups excluding carboxylic acids is 3. The fourth-order valence-electron chi connectivity index (χ4n) is 8.70. The molecule has 4 rings (SSSR count). The highest BCUT2D eigenvalue weighted by molar-refractivity contribution is 5.99. The molecule has 1 N–H and O–H groups in total. The quantitative estimate of drug-likeness (QED) is 0.211. The van der Waals surface area contributed by atoms with Crippen LogP contribution in [0.5, 0.6) is 0 Å². The summed E-state index contributed by atoms with van der Waals surface area (Å²) in [4.78, 5) is 49.6. The molecule has 8 heteroatoms. The molecule has 3 fully saturated rings. The number of ether oxygens (including phenoxy) is 1. The zero-order valence-corrected chi connectivity index (χ0v) is 28.4. The van der Waals surface area contributed by atoms with Crippen LogP contribution < -0.4 is 0 Å². The molecule has 0 aromatic heterocycles. The number of rotatable bonds is 15. The lowest BCUT2D eigenvalue weighted by molar-refractivity contribution is -0.158. The third kappa shape index (κ3) is 6.50. The Morgan fingerprint density at radius 1 is 1.04 bits per heavy atom. The molecular weight excluding hydrogens is 566 g/mol. The van der Waals surface area contributed by atoms with Crippen molar-refractivity contribution >= 4 is 17.7 Å². The standard InChI is InChI=1S/C37H55N3O5/c1-9-21-38(25-27-17-13-12-14-18-27)31(42)28-29-32(43)39(23-15-16-24-41)30(37(29)20-19-36(28,11-3)45-37)33(44)40(22-10-2)35(7,8)26-34(4,5)6/h9-10,12-14,17-18,28-30,41H,1-2,11,15-16,19-26H2,3-8H3/t28-,29+,30?,36+,37?/m1/s1. The number of unbranched alkanes of at least 4 members (excludes halogenated alkanes) is 1. The highest BCUT2D eigenvalue weighted by Crippen LogP contribution is 2.65. The van der Waals surface area contributed by atoms with Crippen LogP contribution in [0.25, 0.3) is 0 Å². The molecule has 0 saturated carbocycles. The largest absolute Gasteiger partial charge is 0.396 e. The number of likely N-dealkylation sites (tertiary alicyclic amines) is 1. The number of aliphatic hydroxyl groups excluding tert-OH is 1. The predicted molar refractivity (Wildman–Crippen MR) is 177 cm³/mol. The summed E-state index contributed by atoms with van der Waals surface area (Å²) in [5.74, 6) is -1.94. The maximum atomic E-state index is 15.0. The molecule has 1 aromatic carbocycles. The first-order chi connectivity index (χ1) is 21.2. The molecule has 3 aliphatic heterocycles. The molecule has 3 amide bonds. The van der Waals surface area contributed by atoms with Crippen molar-refractivity contribution in [3.63, 3.8) is 0 Å². The number of hydrogen-bond acceptors (Lipinski definition) is 5. The summed E-state index contributed by atoms with van der Waals surface area (Å²) in [5.41, 5.74) is -1.51. The topological polar surface area (TPSA) is 90.4 Å². The van der Waals surface area contributed by atoms with Crippen LogP contribution in [0.3, 0.4) is 0 Å². The van der Waals surface area contributed by atoms with Gasteiger partial charge in [0.2, 0.25) is 17.7 Å². The Hall–Kier alpha value is -2.97. The van der Waals surface area contributed by atoms with Crippen LogP contribution in [0.15, 0.2) is 55.6 Å². The van der Waals surface area contributed by atoms with E-state index in [0.29, 0.717) is 58.3 Å². The maximum absolute atomic E-state index is 15.0. The third-order valence-electron chi connectivity index (χ3n) is 10.1. The highest BCUT2D eigenvalue weighted by Gasteiger charge is 2.79. The molecule has 2 bridgehead atoms. The number of fused-ring (bicyclic) bond motifs is 1. The number of hydrogen-bond donors (Lipinski definition) is 1. The van der Waals surface area contributed by atoms with Gasteiger partial charge in [0, 0.05) is 38.3 Å². The van der Waals surface area contributed by atoms with E-state index in [2.05, 4.69) is 47.8 Å². The molecule has 1 aromatic rings. The smallest absolute Gasteiger partial charge is 0.249 e. The average molecular weight is 622 g/mol. The van der Waals surface area contributed by atoms with Gasteiger partial charge in [0.05, 0.1) is 17.4 Å². The molecule has 1 spiro atoms. The van der Waals surface area contributed by atoms with Crippen molar-refractivity contribution in [3.05, 3.63) is 61.2 Å². The number of carbonyl (C=O) groups is 3. The molecule has 3 saturated heterocycles. The van der Waals surface area contributed by atoms with Crippen molar-refractivity contribution in [1.29, 1.82) is 0 Å². The van der Waals surface area contributed by atoms with Crippen molar-refractivity contribution < 1.29 is 24.2 Å². The summed E-state index contributed by atoms with van der Waals surface area (Å²) in [5, 5.41) is 9.56. The molecule has 0 aliphatic carbocycles. The molecule has 248 valence electrons. The monoisotopic (exact) mass is 621 g/mol. The summed E-state index contributed by atoms with van der Waals surface area (Å²) in [6.07, 6.45) is 6.99. The van der Waals surface area contributed by atoms with E-state index in [4.69, 9.17) is 4.74 Å². The SMILES string of the molecule is C=CCN(Cc1ccccc1)C(=O)[C@H]1[C@H]2C(=O)N(CCCCO)C(C(=O)N(CC=C)C(C)(C)CC(C)(C)C)C23CC[C@]1(CC)O3. The van der Waals surface area contributed by atoms with Crippen LogP contribution in [-0.2, 0) is 25.7 Å². The van der Waals surface area contributed by atoms with Gasteiger partial charge in [-0.2, -0.15) is 0 Å². The van der Waals surface area contributed by atoms with E-state index in [1.807, 2.05) is 42.2 Å². The lowest BCUT2D eigenvalue weighted by Crippen LogP contribution is -2.61. The van der Waals surface area contributed by atoms with Gasteiger partial charge in [-0.3, -0.25) is 14.4 Å². The second-order valence-corrected chi connectivity index (χ2v) is 15.1. The molecule has 45 heavy (non-hydrogen) atoms. The zero-order valence-electron chi connectivity index (χ0n) is 28.4. The first-order valence-electron chi connectivity index (χ1n) is 16.7. The van der Waals surface area contributed by atoms with E-state index in [9.17, 15) is 19.5 Å². The van der Waals surface area contributed by atoms with E-state index in [1.54, 1.807) is 22.0 Å². The van der Waals surface area contributed by atoms with Crippen LogP contribution in [0.2, 0.25) is 0 Å². The highest BCUT2D eigenvalue weighted by atomic mass is 16.5. The van der Waals surface area contributed by atoms with Gasteiger partial charge >= 0.3 is 0 Å². The second kappa shape index (κ2) is 13.4. The zero-order chi connectivity index (χ0) is 33.2. The molecule has 0 radical (unpaired) electrons. The van der Waals surface area contributed by atoms with Gasteiger partial charge in [-0.15, -0.1) is 13.2 Å². The molecule has 3 heterocycles. The Kier molecular flexibility index (Phi) is 10.4. The van der Waals surface area contributed by atoms with E-state index in [1.165, 1.54) is 0 Å². The van der Waals surface area contributed by atoms with Crippen LogP contribution >= 0.6 is 0 Å². The van der Waals surface area contributed by atoms with Crippen molar-refractivity contribution in [2.24, 2.45) is 17.3 Å². The van der Waals surface area contributed by atoms with E-state index < -0.39 is 34.6 Å². The summed E-state index contributed by atoms with van der Waals surface area (Å²) in [7, 11) is 0. The first-order valence-corrected chi connectivity index (χ1v) is 16.7. The van der Waals surface area contributed by atoms with Gasteiger partial charge in [0.25, 0.3) is 0 Å². The Morgan fingerprint density at radius 2 is 1.71 bits per heavy atom. The van der Waals surface area contributed by atoms with Crippen molar-refractivity contribution in [2.45, 2.75) is 109 Å². The molecular formula is C37H55N3O5. The van der Waals surface area contributed by atoms with Gasteiger partial charge in [0.15, 0.2) is 0 Å². The minimum absolute atomic E-state index is 0.00295. The Labute approximate surface area is 270 Å². The summed E-state index contributed by atoms with van der Waals surface area (Å²) >= 11 is 0. The molecule has 2 unspecified atom stereocenters. The van der Waals surface area contributed by atoms with Gasteiger partial charge < -0.3 is 24.5 Å². The summed E-state index contributed by atoms with van der Waals surface area (Å²) in [6.45, 7) is 21.9. The predicted octanol–water partition coefficient (Wildman–Crippen LogP) is 5.36. The van der Waals surface area contributed by atoms with E-state index in [0.717, 1.165) is 12.0 Å². The maximum Gasteiger partial charge on any atom is 0.249 e. The Morgan fingerprint density at radius 3 is 2.29 bits per heavy atom. The van der Waals surface area contributed by atoms with Gasteiger partial charge in [-0.05, 0) is 63.4 Å². The van der Waals surface area contributed by atoms with Gasteiger partial charge in [0.1, 0.15) is 11.6 Å². The average Bonchev–Trinajstić information content (AvgIpc) is 3.58. The second-order valence-electron chi connectivity index (χ2n) is 15.1. The van der Waals surface area contributed by atoms with Crippen molar-refractivity contribution in [3.8, 4) is 0 Å². The minimum atomic E-state index is -1.10. The first kappa shape index (κ1) is 34.9. The summed E-state index contributed by atoms with van der Waals surface area (Å²) in [6, 6.07) is 8.97. The number of benzene rings is 1. The van der Waals surface area contributed by atoms with Crippen LogP contribution in [0, 0.1) is 17.3 Å². The number of nitrogens with zero attached hydrogens (tertiary/aromatic N) is 3. The Bertz CT molecular complexity index is 1260. The van der Waals surface area contributed by atoms with Crippen LogP contribution in [0.4, 0.5) is 0 Å². The Balaban J connectivity index is 1.80. The van der Waals surface area contributed by atoms with Crippen LogP contribution in [-0.4, -0.2) is 86.6 Å². The van der Waals surface area contributed by atoms with E-state index >= 15 is 0 Å². The third-order valence-corrected chi connectivity index (χ3v) is 10.1. The fourth-order valence-corrected chi connectivity index (χ4v) is 8.70. The number of amides is 3. The molecule has 8 nitrogen and oxygen atoms in total. The van der Waals surface area contributed by atoms with E-state index in [-0.39, 0.29) is 29.7 Å². The lowest BCUT2D eigenvalue weighted by Gasteiger charge is -2.45. The lowest BCUT2D eigenvalue weighted by atomic mass is 9.64.